The van der Waals surface area contributed by atoms with E-state index in [9.17, 15) is 14.4 Å². The van der Waals surface area contributed by atoms with Crippen LogP contribution in [0.2, 0.25) is 0 Å². The molecule has 2 aliphatic carbocycles. The van der Waals surface area contributed by atoms with Crippen LogP contribution in [0.5, 0.6) is 0 Å². The van der Waals surface area contributed by atoms with E-state index in [1.165, 1.54) is 19.3 Å². The van der Waals surface area contributed by atoms with Crippen LogP contribution in [0.4, 0.5) is 0 Å². The topological polar surface area (TPSA) is 68.2 Å². The number of amides is 1. The molecule has 0 aliphatic heterocycles. The van der Waals surface area contributed by atoms with Crippen molar-refractivity contribution in [3.05, 3.63) is 33.2 Å². The van der Waals surface area contributed by atoms with Gasteiger partial charge in [-0.15, -0.1) is 0 Å². The number of pyridine rings is 1. The van der Waals surface area contributed by atoms with Crippen molar-refractivity contribution in [3.63, 3.8) is 0 Å². The molecule has 2 aliphatic rings. The van der Waals surface area contributed by atoms with E-state index >= 15 is 0 Å². The van der Waals surface area contributed by atoms with Crippen molar-refractivity contribution in [2.24, 2.45) is 5.92 Å². The number of aryl methyl sites for hydroxylation is 1. The molecular formula is C21H29BN2O3. The summed E-state index contributed by atoms with van der Waals surface area (Å²) in [7, 11) is 5.36. The van der Waals surface area contributed by atoms with Crippen LogP contribution in [0.25, 0.3) is 0 Å². The minimum Gasteiger partial charge on any atom is -0.341 e. The van der Waals surface area contributed by atoms with Gasteiger partial charge in [0.25, 0.3) is 11.5 Å². The van der Waals surface area contributed by atoms with Gasteiger partial charge in [-0.25, -0.2) is 0 Å². The van der Waals surface area contributed by atoms with E-state index in [1.807, 2.05) is 4.57 Å². The monoisotopic (exact) mass is 368 g/mol. The predicted octanol–water partition coefficient (Wildman–Crippen LogP) is 2.51. The van der Waals surface area contributed by atoms with Crippen LogP contribution in [0.1, 0.15) is 80.4 Å². The quantitative estimate of drug-likeness (QED) is 0.812. The molecule has 0 bridgehead atoms. The van der Waals surface area contributed by atoms with Gasteiger partial charge in [0.2, 0.25) is 0 Å². The van der Waals surface area contributed by atoms with Gasteiger partial charge in [0.05, 0.1) is 11.2 Å². The van der Waals surface area contributed by atoms with Crippen LogP contribution in [-0.4, -0.2) is 29.5 Å². The van der Waals surface area contributed by atoms with Crippen LogP contribution in [0, 0.1) is 5.92 Å². The lowest BCUT2D eigenvalue weighted by molar-refractivity contribution is -0.116. The van der Waals surface area contributed by atoms with Gasteiger partial charge in [0, 0.05) is 12.2 Å². The summed E-state index contributed by atoms with van der Waals surface area (Å²) in [6.45, 7) is 3.79. The van der Waals surface area contributed by atoms with E-state index in [-0.39, 0.29) is 11.1 Å². The molecule has 1 saturated carbocycles. The Bertz CT molecular complexity index is 791. The molecule has 6 heteroatoms. The van der Waals surface area contributed by atoms with Crippen molar-refractivity contribution in [3.8, 4) is 0 Å². The molecule has 1 amide bonds. The Balaban J connectivity index is 1.97. The SMILES string of the molecule is [B]C(=O)C(C)(C)NC(=O)c1cc2c(n(CC3CCCCC3)c1=O)CCCC2. The van der Waals surface area contributed by atoms with E-state index in [4.69, 9.17) is 7.85 Å². The highest BCUT2D eigenvalue weighted by Gasteiger charge is 2.29. The molecule has 1 aromatic heterocycles. The maximum atomic E-state index is 13.2. The molecule has 1 N–H and O–H groups in total. The number of nitrogens with one attached hydrogen (secondary N) is 1. The lowest BCUT2D eigenvalue weighted by Crippen LogP contribution is -2.51. The number of rotatable bonds is 5. The first kappa shape index (κ1) is 19.9. The lowest BCUT2D eigenvalue weighted by atomic mass is 9.84. The normalized spacial score (nSPS) is 18.0. The first-order valence-electron chi connectivity index (χ1n) is 10.2. The summed E-state index contributed by atoms with van der Waals surface area (Å²) in [6.07, 6.45) is 9.93. The fourth-order valence-electron chi connectivity index (χ4n) is 4.28. The molecule has 144 valence electrons. The molecule has 1 fully saturated rings. The molecular weight excluding hydrogens is 339 g/mol. The summed E-state index contributed by atoms with van der Waals surface area (Å²) in [4.78, 5) is 37.5. The summed E-state index contributed by atoms with van der Waals surface area (Å²) in [5.41, 5.74) is 0.255. The highest BCUT2D eigenvalue weighted by atomic mass is 16.2. The van der Waals surface area contributed by atoms with Gasteiger partial charge in [0.1, 0.15) is 5.56 Å². The number of aromatic nitrogens is 1. The summed E-state index contributed by atoms with van der Waals surface area (Å²) in [6, 6.07) is 1.74. The first-order valence-corrected chi connectivity index (χ1v) is 10.2. The van der Waals surface area contributed by atoms with E-state index in [1.54, 1.807) is 19.9 Å². The van der Waals surface area contributed by atoms with E-state index in [0.29, 0.717) is 12.5 Å². The zero-order chi connectivity index (χ0) is 19.6. The van der Waals surface area contributed by atoms with Gasteiger partial charge in [-0.1, -0.05) is 19.3 Å². The standard InChI is InChI=1S/C21H29BN2O3/c1-21(2,20(22)27)23-18(25)16-12-15-10-6-7-11-17(15)24(19(16)26)13-14-8-4-3-5-9-14/h12,14H,3-11,13H2,1-2H3,(H,23,25). The highest BCUT2D eigenvalue weighted by Crippen LogP contribution is 2.27. The Morgan fingerprint density at radius 1 is 1.15 bits per heavy atom. The second kappa shape index (κ2) is 8.03. The zero-order valence-corrected chi connectivity index (χ0v) is 16.5. The van der Waals surface area contributed by atoms with Gasteiger partial charge in [0.15, 0.2) is 7.85 Å². The van der Waals surface area contributed by atoms with E-state index in [2.05, 4.69) is 5.32 Å². The average Bonchev–Trinajstić information content (AvgIpc) is 2.64. The third-order valence-corrected chi connectivity index (χ3v) is 6.05. The highest BCUT2D eigenvalue weighted by molar-refractivity contribution is 6.60. The molecule has 2 radical (unpaired) electrons. The fraction of sp³-hybridized carbons (Fsp3) is 0.667. The Morgan fingerprint density at radius 2 is 1.81 bits per heavy atom. The van der Waals surface area contributed by atoms with Crippen LogP contribution in [-0.2, 0) is 24.2 Å². The average molecular weight is 368 g/mol. The van der Waals surface area contributed by atoms with Crippen LogP contribution < -0.4 is 10.9 Å². The number of carbonyl (C=O) groups excluding carboxylic acids is 2. The van der Waals surface area contributed by atoms with Gasteiger partial charge in [-0.05, 0) is 69.9 Å². The molecule has 1 heterocycles. The fourth-order valence-corrected chi connectivity index (χ4v) is 4.28. The summed E-state index contributed by atoms with van der Waals surface area (Å²) >= 11 is 0. The second-order valence-corrected chi connectivity index (χ2v) is 8.60. The minimum absolute atomic E-state index is 0.126. The van der Waals surface area contributed by atoms with Crippen LogP contribution in [0.15, 0.2) is 10.9 Å². The molecule has 0 atom stereocenters. The molecule has 3 rings (SSSR count). The number of hydrogen-bond donors (Lipinski definition) is 1. The first-order chi connectivity index (χ1) is 12.8. The van der Waals surface area contributed by atoms with Crippen LogP contribution >= 0.6 is 0 Å². The van der Waals surface area contributed by atoms with E-state index < -0.39 is 17.1 Å². The summed E-state index contributed by atoms with van der Waals surface area (Å²) < 4.78 is 1.86. The van der Waals surface area contributed by atoms with Gasteiger partial charge < -0.3 is 14.7 Å². The molecule has 0 saturated heterocycles. The smallest absolute Gasteiger partial charge is 0.263 e. The Hall–Kier alpha value is -1.85. The number of fused-ring (bicyclic) bond motifs is 1. The molecule has 0 unspecified atom stereocenters. The Morgan fingerprint density at radius 3 is 2.48 bits per heavy atom. The third kappa shape index (κ3) is 4.36. The predicted molar refractivity (Wildman–Crippen MR) is 106 cm³/mol. The van der Waals surface area contributed by atoms with Crippen molar-refractivity contribution in [2.45, 2.75) is 83.7 Å². The lowest BCUT2D eigenvalue weighted by Gasteiger charge is -2.28. The van der Waals surface area contributed by atoms with Crippen molar-refractivity contribution >= 4 is 19.4 Å². The Kier molecular flexibility index (Phi) is 5.92. The van der Waals surface area contributed by atoms with Gasteiger partial charge in [-0.3, -0.25) is 9.59 Å². The van der Waals surface area contributed by atoms with Crippen molar-refractivity contribution in [2.75, 3.05) is 0 Å². The number of hydrogen-bond acceptors (Lipinski definition) is 3. The maximum Gasteiger partial charge on any atom is 0.263 e. The maximum absolute atomic E-state index is 13.2. The van der Waals surface area contributed by atoms with Crippen LogP contribution in [0.3, 0.4) is 0 Å². The molecule has 0 spiro atoms. The van der Waals surface area contributed by atoms with E-state index in [0.717, 1.165) is 49.8 Å². The summed E-state index contributed by atoms with van der Waals surface area (Å²) in [5, 5.41) is 2.62. The molecule has 27 heavy (non-hydrogen) atoms. The van der Waals surface area contributed by atoms with Gasteiger partial charge in [-0.2, -0.15) is 0 Å². The molecule has 5 nitrogen and oxygen atoms in total. The van der Waals surface area contributed by atoms with Crippen molar-refractivity contribution < 1.29 is 9.59 Å². The Labute approximate surface area is 162 Å². The third-order valence-electron chi connectivity index (χ3n) is 6.05. The zero-order valence-electron chi connectivity index (χ0n) is 16.5. The number of nitrogens with zero attached hydrogens (tertiary/aromatic N) is 1. The molecule has 1 aromatic rings. The number of carbonyl (C=O) groups is 2. The summed E-state index contributed by atoms with van der Waals surface area (Å²) in [5.74, 6) is -0.0163. The largest absolute Gasteiger partial charge is 0.341 e. The van der Waals surface area contributed by atoms with Crippen molar-refractivity contribution in [1.82, 2.24) is 9.88 Å². The minimum atomic E-state index is -1.20. The van der Waals surface area contributed by atoms with Crippen molar-refractivity contribution in [1.29, 1.82) is 0 Å². The second-order valence-electron chi connectivity index (χ2n) is 8.60. The van der Waals surface area contributed by atoms with Gasteiger partial charge >= 0.3 is 0 Å². The molecule has 0 aromatic carbocycles.